The summed E-state index contributed by atoms with van der Waals surface area (Å²) in [4.78, 5) is 36.3. The number of carbonyl (C=O) groups excluding carboxylic acids is 2. The van der Waals surface area contributed by atoms with Crippen LogP contribution in [-0.4, -0.2) is 40.8 Å². The van der Waals surface area contributed by atoms with Crippen molar-refractivity contribution in [3.05, 3.63) is 105 Å². The number of hydrogen-bond donors (Lipinski definition) is 5. The van der Waals surface area contributed by atoms with Crippen LogP contribution >= 0.6 is 23.2 Å². The van der Waals surface area contributed by atoms with Gasteiger partial charge in [-0.25, -0.2) is 9.59 Å². The van der Waals surface area contributed by atoms with Crippen molar-refractivity contribution in [1.82, 2.24) is 10.6 Å². The van der Waals surface area contributed by atoms with Gasteiger partial charge in [0.1, 0.15) is 0 Å². The van der Waals surface area contributed by atoms with Gasteiger partial charge in [-0.3, -0.25) is 4.79 Å². The van der Waals surface area contributed by atoms with E-state index < -0.39 is 36.6 Å². The Morgan fingerprint density at radius 3 is 2.15 bits per heavy atom. The Morgan fingerprint density at radius 2 is 1.56 bits per heavy atom. The van der Waals surface area contributed by atoms with Gasteiger partial charge in [0.25, 0.3) is 5.91 Å². The first-order valence-corrected chi connectivity index (χ1v) is 14.0. The standard InChI is InChI=1S/C31H31Cl2N3O5/c1-18-3-2-4-23(13-18)19-5-7-20(8-6-19)28(36-31(41)35-26-15-24(32)14-25(33)16-26)21-9-11-22(12-10-21)29(38)34-17-27(37)30(39)40/h5-16,18,27-28,37H,2-4,17H2,1H3,(H,34,38)(H,39,40)(H2,35,36,41)/t18?,27-,28+/m1/s1. The molecule has 8 nitrogen and oxygen atoms in total. The monoisotopic (exact) mass is 595 g/mol. The van der Waals surface area contributed by atoms with Crippen molar-refractivity contribution in [2.45, 2.75) is 38.3 Å². The number of allylic oxidation sites excluding steroid dienone is 2. The highest BCUT2D eigenvalue weighted by molar-refractivity contribution is 6.35. The Kier molecular flexibility index (Phi) is 10.0. The van der Waals surface area contributed by atoms with Crippen LogP contribution < -0.4 is 16.0 Å². The van der Waals surface area contributed by atoms with E-state index in [4.69, 9.17) is 28.3 Å². The highest BCUT2D eigenvalue weighted by Gasteiger charge is 2.20. The third kappa shape index (κ3) is 8.33. The molecular weight excluding hydrogens is 565 g/mol. The second-order valence-electron chi connectivity index (χ2n) is 10.1. The fourth-order valence-electron chi connectivity index (χ4n) is 4.74. The molecule has 0 aromatic heterocycles. The number of amides is 3. The number of carbonyl (C=O) groups is 3. The maximum atomic E-state index is 13.1. The van der Waals surface area contributed by atoms with Crippen molar-refractivity contribution in [2.24, 2.45) is 5.92 Å². The smallest absolute Gasteiger partial charge is 0.334 e. The lowest BCUT2D eigenvalue weighted by molar-refractivity contribution is -0.146. The SMILES string of the molecule is CC1C=C(c2ccc([C@H](NC(=O)Nc3cc(Cl)cc(Cl)c3)c3ccc(C(=O)NC[C@@H](O)C(=O)O)cc3)cc2)CCC1. The van der Waals surface area contributed by atoms with Crippen molar-refractivity contribution >= 4 is 52.4 Å². The van der Waals surface area contributed by atoms with Crippen molar-refractivity contribution in [2.75, 3.05) is 11.9 Å². The molecule has 0 aliphatic heterocycles. The summed E-state index contributed by atoms with van der Waals surface area (Å²) in [6.45, 7) is 1.80. The Balaban J connectivity index is 1.57. The highest BCUT2D eigenvalue weighted by atomic mass is 35.5. The number of aliphatic hydroxyl groups excluding tert-OH is 1. The molecule has 0 fully saturated rings. The summed E-state index contributed by atoms with van der Waals surface area (Å²) < 4.78 is 0. The van der Waals surface area contributed by atoms with E-state index in [1.54, 1.807) is 42.5 Å². The molecule has 5 N–H and O–H groups in total. The molecule has 0 bridgehead atoms. The molecule has 3 aromatic carbocycles. The summed E-state index contributed by atoms with van der Waals surface area (Å²) in [7, 11) is 0. The van der Waals surface area contributed by atoms with Gasteiger partial charge in [0.2, 0.25) is 0 Å². The van der Waals surface area contributed by atoms with E-state index in [1.807, 2.05) is 12.1 Å². The second kappa shape index (κ2) is 13.7. The molecule has 3 amide bonds. The van der Waals surface area contributed by atoms with Gasteiger partial charge in [-0.15, -0.1) is 0 Å². The summed E-state index contributed by atoms with van der Waals surface area (Å²) in [5.74, 6) is -1.41. The largest absolute Gasteiger partial charge is 0.479 e. The molecule has 41 heavy (non-hydrogen) atoms. The van der Waals surface area contributed by atoms with E-state index in [-0.39, 0.29) is 5.56 Å². The molecule has 3 atom stereocenters. The summed E-state index contributed by atoms with van der Waals surface area (Å²) in [6, 6.07) is 18.3. The lowest BCUT2D eigenvalue weighted by atomic mass is 9.87. The molecule has 3 aromatic rings. The lowest BCUT2D eigenvalue weighted by Gasteiger charge is -2.22. The molecule has 0 saturated heterocycles. The lowest BCUT2D eigenvalue weighted by Crippen LogP contribution is -2.36. The normalized spacial score (nSPS) is 16.2. The number of aliphatic carboxylic acids is 1. The minimum absolute atomic E-state index is 0.275. The van der Waals surface area contributed by atoms with Gasteiger partial charge in [-0.1, -0.05) is 72.6 Å². The molecule has 1 aliphatic rings. The Hall–Kier alpha value is -3.85. The van der Waals surface area contributed by atoms with Crippen LogP contribution in [0.25, 0.3) is 5.57 Å². The van der Waals surface area contributed by atoms with Crippen LogP contribution in [0.3, 0.4) is 0 Å². The number of halogens is 2. The molecule has 0 heterocycles. The first kappa shape index (κ1) is 30.1. The van der Waals surface area contributed by atoms with E-state index in [9.17, 15) is 19.5 Å². The number of nitrogens with one attached hydrogen (secondary N) is 3. The number of benzene rings is 3. The molecular formula is C31H31Cl2N3O5. The van der Waals surface area contributed by atoms with Crippen molar-refractivity contribution in [3.63, 3.8) is 0 Å². The number of hydrogen-bond acceptors (Lipinski definition) is 4. The molecule has 1 aliphatic carbocycles. The topological polar surface area (TPSA) is 128 Å². The Morgan fingerprint density at radius 1 is 0.951 bits per heavy atom. The van der Waals surface area contributed by atoms with Crippen LogP contribution in [0.5, 0.6) is 0 Å². The molecule has 0 saturated carbocycles. The molecule has 0 radical (unpaired) electrons. The third-order valence-electron chi connectivity index (χ3n) is 6.85. The zero-order valence-electron chi connectivity index (χ0n) is 22.4. The highest BCUT2D eigenvalue weighted by Crippen LogP contribution is 2.31. The van der Waals surface area contributed by atoms with Crippen LogP contribution in [0.4, 0.5) is 10.5 Å². The van der Waals surface area contributed by atoms with Crippen molar-refractivity contribution in [3.8, 4) is 0 Å². The fourth-order valence-corrected chi connectivity index (χ4v) is 5.27. The molecule has 4 rings (SSSR count). The number of carboxylic acids is 1. The van der Waals surface area contributed by atoms with Crippen molar-refractivity contribution < 1.29 is 24.6 Å². The zero-order valence-corrected chi connectivity index (χ0v) is 23.9. The second-order valence-corrected chi connectivity index (χ2v) is 10.9. The minimum Gasteiger partial charge on any atom is -0.479 e. The van der Waals surface area contributed by atoms with Crippen molar-refractivity contribution in [1.29, 1.82) is 0 Å². The van der Waals surface area contributed by atoms with Crippen LogP contribution in [0.1, 0.15) is 59.3 Å². The summed E-state index contributed by atoms with van der Waals surface area (Å²) in [6.07, 6.45) is 3.99. The quantitative estimate of drug-likeness (QED) is 0.199. The average molecular weight is 597 g/mol. The molecule has 10 heteroatoms. The van der Waals surface area contributed by atoms with Crippen LogP contribution in [-0.2, 0) is 4.79 Å². The Labute approximate surface area is 248 Å². The Bertz CT molecular complexity index is 1420. The molecule has 214 valence electrons. The third-order valence-corrected chi connectivity index (χ3v) is 7.29. The fraction of sp³-hybridized carbons (Fsp3) is 0.258. The van der Waals surface area contributed by atoms with E-state index in [2.05, 4.69) is 41.1 Å². The maximum Gasteiger partial charge on any atom is 0.334 e. The van der Waals surface area contributed by atoms with Gasteiger partial charge >= 0.3 is 12.0 Å². The van der Waals surface area contributed by atoms with E-state index in [0.717, 1.165) is 24.0 Å². The average Bonchev–Trinajstić information content (AvgIpc) is 2.94. The predicted molar refractivity (Wildman–Crippen MR) is 160 cm³/mol. The van der Waals surface area contributed by atoms with Gasteiger partial charge in [0.15, 0.2) is 6.10 Å². The van der Waals surface area contributed by atoms with Crippen LogP contribution in [0.2, 0.25) is 10.0 Å². The number of anilines is 1. The molecule has 0 spiro atoms. The maximum absolute atomic E-state index is 13.1. The first-order chi connectivity index (χ1) is 19.6. The van der Waals surface area contributed by atoms with Gasteiger partial charge in [-0.05, 0) is 77.8 Å². The zero-order chi connectivity index (χ0) is 29.5. The first-order valence-electron chi connectivity index (χ1n) is 13.2. The van der Waals surface area contributed by atoms with Gasteiger partial charge in [0.05, 0.1) is 12.6 Å². The van der Waals surface area contributed by atoms with E-state index in [0.29, 0.717) is 27.2 Å². The summed E-state index contributed by atoms with van der Waals surface area (Å²) in [5, 5.41) is 27.2. The minimum atomic E-state index is -1.70. The summed E-state index contributed by atoms with van der Waals surface area (Å²) in [5.41, 5.74) is 4.72. The predicted octanol–water partition coefficient (Wildman–Crippen LogP) is 6.28. The number of urea groups is 1. The number of carboxylic acid groups (broad SMARTS) is 1. The van der Waals surface area contributed by atoms with Crippen LogP contribution in [0, 0.1) is 5.92 Å². The van der Waals surface area contributed by atoms with Gasteiger partial charge in [-0.2, -0.15) is 0 Å². The number of rotatable bonds is 9. The summed E-state index contributed by atoms with van der Waals surface area (Å²) >= 11 is 12.2. The van der Waals surface area contributed by atoms with E-state index >= 15 is 0 Å². The van der Waals surface area contributed by atoms with Crippen LogP contribution in [0.15, 0.2) is 72.8 Å². The number of aliphatic hydroxyl groups is 1. The van der Waals surface area contributed by atoms with E-state index in [1.165, 1.54) is 12.0 Å². The molecule has 1 unspecified atom stereocenters. The van der Waals surface area contributed by atoms with Gasteiger partial charge < -0.3 is 26.2 Å². The van der Waals surface area contributed by atoms with Gasteiger partial charge in [0, 0.05) is 21.3 Å².